The molecule has 0 atom stereocenters. The van der Waals surface area contributed by atoms with Gasteiger partial charge in [-0.1, -0.05) is 0 Å². The van der Waals surface area contributed by atoms with E-state index in [0.717, 1.165) is 11.1 Å². The lowest BCUT2D eigenvalue weighted by Crippen LogP contribution is -2.08. The Hall–Kier alpha value is -1.23. The second-order valence-electron chi connectivity index (χ2n) is 5.61. The van der Waals surface area contributed by atoms with Gasteiger partial charge in [-0.2, -0.15) is 0 Å². The third-order valence-electron chi connectivity index (χ3n) is 3.58. The van der Waals surface area contributed by atoms with Gasteiger partial charge in [-0.15, -0.1) is 0 Å². The Bertz CT molecular complexity index is 740. The van der Waals surface area contributed by atoms with Crippen molar-refractivity contribution < 1.29 is 24.5 Å². The minimum absolute atomic E-state index is 0.0258. The van der Waals surface area contributed by atoms with Gasteiger partial charge < -0.3 is 19.7 Å². The molecule has 0 unspecified atom stereocenters. The highest BCUT2D eigenvalue weighted by Gasteiger charge is 2.14. The molecule has 26 heavy (non-hydrogen) atoms. The predicted molar refractivity (Wildman–Crippen MR) is 116 cm³/mol. The zero-order chi connectivity index (χ0) is 19.3. The van der Waals surface area contributed by atoms with E-state index in [1.54, 1.807) is 24.3 Å². The molecule has 0 fully saturated rings. The Kier molecular flexibility index (Phi) is 7.81. The SMILES string of the molecule is CCOc1cc(CC(=O)Cc2cc(I)c(O)c(OCC)c2)cc(I)c1O. The minimum atomic E-state index is 0.0258. The average Bonchev–Trinajstić information content (AvgIpc) is 2.57. The van der Waals surface area contributed by atoms with E-state index in [0.29, 0.717) is 31.9 Å². The second kappa shape index (κ2) is 9.63. The summed E-state index contributed by atoms with van der Waals surface area (Å²) in [6.45, 7) is 4.55. The Balaban J connectivity index is 2.16. The Morgan fingerprint density at radius 2 is 1.23 bits per heavy atom. The number of carbonyl (C=O) groups is 1. The van der Waals surface area contributed by atoms with Gasteiger partial charge in [0, 0.05) is 12.8 Å². The molecule has 5 nitrogen and oxygen atoms in total. The molecule has 0 aliphatic rings. The highest BCUT2D eigenvalue weighted by Crippen LogP contribution is 2.34. The first-order valence-electron chi connectivity index (χ1n) is 8.15. The van der Waals surface area contributed by atoms with E-state index in [-0.39, 0.29) is 30.1 Å². The molecule has 0 saturated heterocycles. The lowest BCUT2D eigenvalue weighted by atomic mass is 10.0. The monoisotopic (exact) mass is 582 g/mol. The molecule has 0 aliphatic carbocycles. The number of ketones is 1. The van der Waals surface area contributed by atoms with Crippen LogP contribution < -0.4 is 9.47 Å². The van der Waals surface area contributed by atoms with E-state index in [1.165, 1.54) is 0 Å². The fraction of sp³-hybridized carbons (Fsp3) is 0.316. The van der Waals surface area contributed by atoms with Crippen molar-refractivity contribution in [3.8, 4) is 23.0 Å². The predicted octanol–water partition coefficient (Wildman–Crippen LogP) is 4.46. The van der Waals surface area contributed by atoms with Gasteiger partial charge in [0.2, 0.25) is 0 Å². The number of rotatable bonds is 8. The summed E-state index contributed by atoms with van der Waals surface area (Å²) >= 11 is 4.04. The van der Waals surface area contributed by atoms with Crippen molar-refractivity contribution in [1.82, 2.24) is 0 Å². The van der Waals surface area contributed by atoms with E-state index in [2.05, 4.69) is 0 Å². The summed E-state index contributed by atoms with van der Waals surface area (Å²) in [7, 11) is 0. The van der Waals surface area contributed by atoms with Crippen LogP contribution in [0.5, 0.6) is 23.0 Å². The highest BCUT2D eigenvalue weighted by molar-refractivity contribution is 14.1. The van der Waals surface area contributed by atoms with Gasteiger partial charge in [0.15, 0.2) is 23.0 Å². The van der Waals surface area contributed by atoms with Crippen molar-refractivity contribution >= 4 is 51.0 Å². The van der Waals surface area contributed by atoms with Gasteiger partial charge in [-0.25, -0.2) is 0 Å². The van der Waals surface area contributed by atoms with Crippen molar-refractivity contribution in [3.05, 3.63) is 42.5 Å². The Morgan fingerprint density at radius 1 is 0.846 bits per heavy atom. The van der Waals surface area contributed by atoms with Crippen LogP contribution in [0.2, 0.25) is 0 Å². The first-order chi connectivity index (χ1) is 12.3. The van der Waals surface area contributed by atoms with Gasteiger partial charge in [0.05, 0.1) is 20.4 Å². The fourth-order valence-electron chi connectivity index (χ4n) is 2.51. The van der Waals surface area contributed by atoms with E-state index in [9.17, 15) is 15.0 Å². The number of benzene rings is 2. The summed E-state index contributed by atoms with van der Waals surface area (Å²) in [6.07, 6.45) is 0.468. The van der Waals surface area contributed by atoms with E-state index in [1.807, 2.05) is 59.0 Å². The maximum absolute atomic E-state index is 12.5. The van der Waals surface area contributed by atoms with Crippen LogP contribution in [0.4, 0.5) is 0 Å². The smallest absolute Gasteiger partial charge is 0.171 e. The quantitative estimate of drug-likeness (QED) is 0.450. The third kappa shape index (κ3) is 5.38. The molecule has 140 valence electrons. The number of phenolic OH excluding ortho intramolecular Hbond substituents is 2. The maximum Gasteiger partial charge on any atom is 0.171 e. The highest BCUT2D eigenvalue weighted by atomic mass is 127. The average molecular weight is 582 g/mol. The topological polar surface area (TPSA) is 76.0 Å². The number of Topliss-reactive ketones (excluding diaryl/α,β-unsaturated/α-hetero) is 1. The molecular formula is C19H20I2O5. The van der Waals surface area contributed by atoms with Crippen LogP contribution in [-0.4, -0.2) is 29.2 Å². The Morgan fingerprint density at radius 3 is 1.58 bits per heavy atom. The van der Waals surface area contributed by atoms with Gasteiger partial charge >= 0.3 is 0 Å². The summed E-state index contributed by atoms with van der Waals surface area (Å²) < 4.78 is 12.1. The number of carbonyl (C=O) groups excluding carboxylic acids is 1. The normalized spacial score (nSPS) is 10.6. The molecule has 2 aromatic rings. The summed E-state index contributed by atoms with van der Waals surface area (Å²) in [4.78, 5) is 12.5. The van der Waals surface area contributed by atoms with Gasteiger partial charge in [-0.05, 0) is 94.4 Å². The molecule has 0 radical (unpaired) electrons. The van der Waals surface area contributed by atoms with Crippen LogP contribution in [0.3, 0.4) is 0 Å². The van der Waals surface area contributed by atoms with E-state index >= 15 is 0 Å². The van der Waals surface area contributed by atoms with Crippen LogP contribution >= 0.6 is 45.2 Å². The van der Waals surface area contributed by atoms with Crippen molar-refractivity contribution in [1.29, 1.82) is 0 Å². The standard InChI is InChI=1S/C19H20I2O5/c1-3-25-16-9-11(7-14(20)18(16)23)5-13(22)6-12-8-15(21)19(24)17(10-12)26-4-2/h7-10,23-24H,3-6H2,1-2H3. The van der Waals surface area contributed by atoms with Crippen molar-refractivity contribution in [2.24, 2.45) is 0 Å². The van der Waals surface area contributed by atoms with Crippen LogP contribution in [0.25, 0.3) is 0 Å². The van der Waals surface area contributed by atoms with Crippen LogP contribution in [-0.2, 0) is 17.6 Å². The molecule has 0 aromatic heterocycles. The molecule has 2 rings (SSSR count). The molecule has 0 spiro atoms. The second-order valence-corrected chi connectivity index (χ2v) is 7.93. The molecule has 0 amide bonds. The maximum atomic E-state index is 12.5. The number of halogens is 2. The molecule has 0 aliphatic heterocycles. The summed E-state index contributed by atoms with van der Waals surface area (Å²) in [6, 6.07) is 6.96. The van der Waals surface area contributed by atoms with Crippen molar-refractivity contribution in [2.75, 3.05) is 13.2 Å². The molecule has 7 heteroatoms. The number of ether oxygens (including phenoxy) is 2. The number of hydrogen-bond donors (Lipinski definition) is 2. The van der Waals surface area contributed by atoms with Gasteiger partial charge in [-0.3, -0.25) is 4.79 Å². The van der Waals surface area contributed by atoms with Crippen molar-refractivity contribution in [2.45, 2.75) is 26.7 Å². The van der Waals surface area contributed by atoms with Crippen LogP contribution in [0.15, 0.2) is 24.3 Å². The van der Waals surface area contributed by atoms with E-state index < -0.39 is 0 Å². The lowest BCUT2D eigenvalue weighted by Gasteiger charge is -2.11. The molecule has 2 N–H and O–H groups in total. The summed E-state index contributed by atoms with van der Waals surface area (Å²) in [5, 5.41) is 20.0. The number of hydrogen-bond acceptors (Lipinski definition) is 5. The van der Waals surface area contributed by atoms with Gasteiger partial charge in [0.1, 0.15) is 5.78 Å². The number of aromatic hydroxyl groups is 2. The molecule has 2 aromatic carbocycles. The summed E-state index contributed by atoms with van der Waals surface area (Å²) in [5.74, 6) is 0.995. The van der Waals surface area contributed by atoms with Crippen molar-refractivity contribution in [3.63, 3.8) is 0 Å². The molecular weight excluding hydrogens is 562 g/mol. The molecule has 0 bridgehead atoms. The largest absolute Gasteiger partial charge is 0.504 e. The Labute approximate surface area is 180 Å². The van der Waals surface area contributed by atoms with Crippen LogP contribution in [0, 0.1) is 7.14 Å². The molecule has 0 saturated carbocycles. The lowest BCUT2D eigenvalue weighted by molar-refractivity contribution is -0.117. The first-order valence-corrected chi connectivity index (χ1v) is 10.3. The molecule has 0 heterocycles. The van der Waals surface area contributed by atoms with Gasteiger partial charge in [0.25, 0.3) is 0 Å². The third-order valence-corrected chi connectivity index (χ3v) is 5.22. The zero-order valence-corrected chi connectivity index (χ0v) is 18.8. The number of phenols is 2. The first kappa shape index (κ1) is 21.1. The fourth-order valence-corrected chi connectivity index (χ4v) is 3.84. The zero-order valence-electron chi connectivity index (χ0n) is 14.5. The van der Waals surface area contributed by atoms with Crippen LogP contribution in [0.1, 0.15) is 25.0 Å². The minimum Gasteiger partial charge on any atom is -0.504 e. The van der Waals surface area contributed by atoms with E-state index in [4.69, 9.17) is 9.47 Å². The summed E-state index contributed by atoms with van der Waals surface area (Å²) in [5.41, 5.74) is 1.58.